The summed E-state index contributed by atoms with van der Waals surface area (Å²) in [5, 5.41) is 0. The average Bonchev–Trinajstić information content (AvgIpc) is 3.29. The van der Waals surface area contributed by atoms with Crippen LogP contribution in [-0.4, -0.2) is 55.3 Å². The number of rotatable bonds is 6. The third kappa shape index (κ3) is 5.00. The number of piperidine rings is 1. The third-order valence-electron chi connectivity index (χ3n) is 6.20. The molecule has 0 aromatic heterocycles. The Hall–Kier alpha value is -2.22. The van der Waals surface area contributed by atoms with Crippen molar-refractivity contribution in [3.8, 4) is 0 Å². The number of hydrogen-bond acceptors (Lipinski definition) is 4. The molecule has 2 heterocycles. The minimum Gasteiger partial charge on any atom is -0.373 e. The highest BCUT2D eigenvalue weighted by Gasteiger charge is 2.41. The molecule has 4 rings (SSSR count). The molecule has 2 saturated heterocycles. The highest BCUT2D eigenvalue weighted by Crippen LogP contribution is 2.28. The molecule has 0 bridgehead atoms. The molecule has 0 N–H and O–H groups in total. The first-order valence-electron chi connectivity index (χ1n) is 11.0. The number of sulfonamides is 1. The van der Waals surface area contributed by atoms with Crippen molar-refractivity contribution in [1.29, 1.82) is 0 Å². The quantitative estimate of drug-likeness (QED) is 0.688. The lowest BCUT2D eigenvalue weighted by Gasteiger charge is -2.35. The Kier molecular flexibility index (Phi) is 6.74. The standard InChI is InChI=1S/C24H30N2O4S/c1-19-9-11-22(12-10-19)31(28,29)26-15-5-8-23(26)24(27)25-16-13-21(14-17-25)30-18-20-6-3-2-4-7-20/h2-4,6-7,9-12,21,23H,5,8,13-18H2,1H3/t23-/m0/s1. The molecule has 1 amide bonds. The van der Waals surface area contributed by atoms with Crippen LogP contribution in [0.5, 0.6) is 0 Å². The maximum absolute atomic E-state index is 13.2. The van der Waals surface area contributed by atoms with Crippen LogP contribution in [0.25, 0.3) is 0 Å². The number of carbonyl (C=O) groups excluding carboxylic acids is 1. The predicted molar refractivity (Wildman–Crippen MR) is 119 cm³/mol. The van der Waals surface area contributed by atoms with Crippen molar-refractivity contribution < 1.29 is 17.9 Å². The van der Waals surface area contributed by atoms with Crippen LogP contribution in [0.4, 0.5) is 0 Å². The van der Waals surface area contributed by atoms with Gasteiger partial charge in [-0.15, -0.1) is 0 Å². The van der Waals surface area contributed by atoms with Gasteiger partial charge >= 0.3 is 0 Å². The first-order valence-corrected chi connectivity index (χ1v) is 12.4. The van der Waals surface area contributed by atoms with E-state index in [2.05, 4.69) is 0 Å². The summed E-state index contributed by atoms with van der Waals surface area (Å²) in [6.45, 7) is 4.10. The van der Waals surface area contributed by atoms with Gasteiger partial charge in [-0.05, 0) is 50.3 Å². The topological polar surface area (TPSA) is 66.9 Å². The van der Waals surface area contributed by atoms with Crippen molar-refractivity contribution in [3.63, 3.8) is 0 Å². The van der Waals surface area contributed by atoms with Crippen molar-refractivity contribution >= 4 is 15.9 Å². The van der Waals surface area contributed by atoms with Crippen LogP contribution < -0.4 is 0 Å². The second-order valence-electron chi connectivity index (χ2n) is 8.41. The molecular formula is C24H30N2O4S. The smallest absolute Gasteiger partial charge is 0.243 e. The summed E-state index contributed by atoms with van der Waals surface area (Å²) in [7, 11) is -3.68. The zero-order valence-electron chi connectivity index (χ0n) is 17.9. The van der Waals surface area contributed by atoms with Crippen molar-refractivity contribution in [2.45, 2.75) is 56.3 Å². The van der Waals surface area contributed by atoms with Gasteiger partial charge in [-0.3, -0.25) is 4.79 Å². The van der Waals surface area contributed by atoms with E-state index in [9.17, 15) is 13.2 Å². The van der Waals surface area contributed by atoms with Crippen LogP contribution in [0.3, 0.4) is 0 Å². The molecule has 0 saturated carbocycles. The van der Waals surface area contributed by atoms with Gasteiger partial charge in [0.2, 0.25) is 15.9 Å². The molecule has 2 aromatic carbocycles. The number of carbonyl (C=O) groups is 1. The van der Waals surface area contributed by atoms with Crippen molar-refractivity contribution in [1.82, 2.24) is 9.21 Å². The van der Waals surface area contributed by atoms with Crippen LogP contribution in [0.15, 0.2) is 59.5 Å². The summed E-state index contributed by atoms with van der Waals surface area (Å²) < 4.78 is 33.7. The summed E-state index contributed by atoms with van der Waals surface area (Å²) in [6, 6.07) is 16.3. The maximum Gasteiger partial charge on any atom is 0.243 e. The number of amides is 1. The SMILES string of the molecule is Cc1ccc(S(=O)(=O)N2CCC[C@H]2C(=O)N2CCC(OCc3ccccc3)CC2)cc1. The predicted octanol–water partition coefficient (Wildman–Crippen LogP) is 3.36. The summed E-state index contributed by atoms with van der Waals surface area (Å²) in [6.07, 6.45) is 2.96. The number of benzene rings is 2. The monoisotopic (exact) mass is 442 g/mol. The van der Waals surface area contributed by atoms with Crippen molar-refractivity contribution in [2.75, 3.05) is 19.6 Å². The molecule has 166 valence electrons. The van der Waals surface area contributed by atoms with Crippen LogP contribution in [0.1, 0.15) is 36.8 Å². The Morgan fingerprint density at radius 3 is 2.32 bits per heavy atom. The molecule has 0 radical (unpaired) electrons. The summed E-state index contributed by atoms with van der Waals surface area (Å²) in [5.41, 5.74) is 2.15. The van der Waals surface area contributed by atoms with Gasteiger partial charge in [0, 0.05) is 19.6 Å². The molecule has 7 heteroatoms. The van der Waals surface area contributed by atoms with Gasteiger partial charge in [-0.2, -0.15) is 4.31 Å². The number of hydrogen-bond donors (Lipinski definition) is 0. The average molecular weight is 443 g/mol. The molecule has 6 nitrogen and oxygen atoms in total. The summed E-state index contributed by atoms with van der Waals surface area (Å²) >= 11 is 0. The minimum absolute atomic E-state index is 0.0744. The molecule has 2 fully saturated rings. The molecule has 0 unspecified atom stereocenters. The lowest BCUT2D eigenvalue weighted by Crippen LogP contribution is -2.50. The molecule has 0 aliphatic carbocycles. The second-order valence-corrected chi connectivity index (χ2v) is 10.3. The molecule has 0 spiro atoms. The van der Waals surface area contributed by atoms with E-state index in [0.717, 1.165) is 24.0 Å². The number of aryl methyl sites for hydroxylation is 1. The van der Waals surface area contributed by atoms with Gasteiger partial charge in [0.15, 0.2) is 0 Å². The number of ether oxygens (including phenoxy) is 1. The Morgan fingerprint density at radius 1 is 0.968 bits per heavy atom. The van der Waals surface area contributed by atoms with E-state index in [4.69, 9.17) is 4.74 Å². The van der Waals surface area contributed by atoms with Gasteiger partial charge in [0.25, 0.3) is 0 Å². The first kappa shape index (κ1) is 22.0. The van der Waals surface area contributed by atoms with E-state index >= 15 is 0 Å². The van der Waals surface area contributed by atoms with E-state index in [1.807, 2.05) is 42.2 Å². The Labute approximate surface area is 184 Å². The Bertz CT molecular complexity index is 984. The van der Waals surface area contributed by atoms with Crippen LogP contribution in [-0.2, 0) is 26.2 Å². The molecular weight excluding hydrogens is 412 g/mol. The summed E-state index contributed by atoms with van der Waals surface area (Å²) in [5.74, 6) is -0.0744. The Morgan fingerprint density at radius 2 is 1.65 bits per heavy atom. The van der Waals surface area contributed by atoms with Crippen LogP contribution in [0.2, 0.25) is 0 Å². The second kappa shape index (κ2) is 9.51. The molecule has 31 heavy (non-hydrogen) atoms. The fourth-order valence-electron chi connectivity index (χ4n) is 4.36. The van der Waals surface area contributed by atoms with E-state index in [0.29, 0.717) is 39.1 Å². The van der Waals surface area contributed by atoms with Crippen LogP contribution >= 0.6 is 0 Å². The van der Waals surface area contributed by atoms with Gasteiger partial charge in [-0.25, -0.2) is 8.42 Å². The Balaban J connectivity index is 1.35. The lowest BCUT2D eigenvalue weighted by molar-refractivity contribution is -0.137. The lowest BCUT2D eigenvalue weighted by atomic mass is 10.1. The van der Waals surface area contributed by atoms with Crippen molar-refractivity contribution in [3.05, 3.63) is 65.7 Å². The summed E-state index contributed by atoms with van der Waals surface area (Å²) in [4.78, 5) is 15.3. The molecule has 2 aliphatic heterocycles. The van der Waals surface area contributed by atoms with Crippen molar-refractivity contribution in [2.24, 2.45) is 0 Å². The minimum atomic E-state index is -3.68. The highest BCUT2D eigenvalue weighted by molar-refractivity contribution is 7.89. The van der Waals surface area contributed by atoms with E-state index in [1.54, 1.807) is 24.3 Å². The van der Waals surface area contributed by atoms with E-state index < -0.39 is 16.1 Å². The molecule has 1 atom stereocenters. The maximum atomic E-state index is 13.2. The zero-order valence-corrected chi connectivity index (χ0v) is 18.8. The normalized spacial score (nSPS) is 20.8. The first-order chi connectivity index (χ1) is 14.9. The van der Waals surface area contributed by atoms with Gasteiger partial charge in [0.1, 0.15) is 6.04 Å². The van der Waals surface area contributed by atoms with Gasteiger partial charge in [0.05, 0.1) is 17.6 Å². The molecule has 2 aromatic rings. The number of nitrogens with zero attached hydrogens (tertiary/aromatic N) is 2. The largest absolute Gasteiger partial charge is 0.373 e. The van der Waals surface area contributed by atoms with Gasteiger partial charge in [-0.1, -0.05) is 48.0 Å². The highest BCUT2D eigenvalue weighted by atomic mass is 32.2. The molecule has 2 aliphatic rings. The number of likely N-dealkylation sites (tertiary alicyclic amines) is 1. The van der Waals surface area contributed by atoms with E-state index in [-0.39, 0.29) is 16.9 Å². The zero-order chi connectivity index (χ0) is 21.8. The fraction of sp³-hybridized carbons (Fsp3) is 0.458. The third-order valence-corrected chi connectivity index (χ3v) is 8.12. The van der Waals surface area contributed by atoms with E-state index in [1.165, 1.54) is 4.31 Å². The van der Waals surface area contributed by atoms with Crippen LogP contribution in [0, 0.1) is 6.92 Å². The fourth-order valence-corrected chi connectivity index (χ4v) is 6.01. The van der Waals surface area contributed by atoms with Gasteiger partial charge < -0.3 is 9.64 Å².